The number of halogens is 1. The van der Waals surface area contributed by atoms with Gasteiger partial charge >= 0.3 is 0 Å². The molecular formula is C21H20ClNO5S2. The summed E-state index contributed by atoms with van der Waals surface area (Å²) in [7, 11) is 1.59. The molecule has 1 saturated heterocycles. The molecular weight excluding hydrogens is 446 g/mol. The lowest BCUT2D eigenvalue weighted by molar-refractivity contribution is -0.115. The second-order valence-electron chi connectivity index (χ2n) is 5.96. The number of benzene rings is 2. The van der Waals surface area contributed by atoms with Crippen LogP contribution in [0.3, 0.4) is 0 Å². The Morgan fingerprint density at radius 1 is 1.10 bits per heavy atom. The highest BCUT2D eigenvalue weighted by molar-refractivity contribution is 8.26. The van der Waals surface area contributed by atoms with Gasteiger partial charge in [-0.15, -0.1) is 0 Å². The third-order valence-corrected chi connectivity index (χ3v) is 5.37. The van der Waals surface area contributed by atoms with Crippen molar-refractivity contribution in [1.82, 2.24) is 5.32 Å². The number of carbonyl (C=O) groups is 1. The SMILES string of the molecule is CCOc1cc(C=C2SC(=S)NC2=O)cc(Cl)c1OCCOc1ccccc1OC. The van der Waals surface area contributed by atoms with E-state index in [1.807, 2.05) is 31.2 Å². The minimum atomic E-state index is -0.229. The van der Waals surface area contributed by atoms with Crippen LogP contribution in [0.15, 0.2) is 41.3 Å². The van der Waals surface area contributed by atoms with Crippen molar-refractivity contribution in [3.05, 3.63) is 51.9 Å². The van der Waals surface area contributed by atoms with Crippen molar-refractivity contribution in [2.24, 2.45) is 0 Å². The summed E-state index contributed by atoms with van der Waals surface area (Å²) in [6.45, 7) is 2.85. The second kappa shape index (κ2) is 10.6. The van der Waals surface area contributed by atoms with Gasteiger partial charge in [-0.25, -0.2) is 0 Å². The molecule has 1 N–H and O–H groups in total. The molecule has 0 atom stereocenters. The number of thioether (sulfide) groups is 1. The monoisotopic (exact) mass is 465 g/mol. The van der Waals surface area contributed by atoms with Crippen molar-refractivity contribution >= 4 is 51.9 Å². The number of nitrogens with one attached hydrogen (secondary N) is 1. The number of rotatable bonds is 9. The van der Waals surface area contributed by atoms with E-state index in [0.29, 0.717) is 56.0 Å². The Kier molecular flexibility index (Phi) is 7.84. The first kappa shape index (κ1) is 22.3. The topological polar surface area (TPSA) is 66.0 Å². The van der Waals surface area contributed by atoms with Gasteiger partial charge in [-0.1, -0.05) is 47.7 Å². The van der Waals surface area contributed by atoms with Gasteiger partial charge in [0.15, 0.2) is 23.0 Å². The van der Waals surface area contributed by atoms with Crippen molar-refractivity contribution in [3.63, 3.8) is 0 Å². The standard InChI is InChI=1S/C21H20ClNO5S2/c1-3-26-17-11-13(12-18-20(24)23-21(29)30-18)10-14(22)19(17)28-9-8-27-16-7-5-4-6-15(16)25-2/h4-7,10-12H,3,8-9H2,1-2H3,(H,23,24,29). The predicted molar refractivity (Wildman–Crippen MR) is 123 cm³/mol. The van der Waals surface area contributed by atoms with E-state index in [-0.39, 0.29) is 12.5 Å². The zero-order chi connectivity index (χ0) is 21.5. The van der Waals surface area contributed by atoms with Crippen LogP contribution in [0, 0.1) is 0 Å². The van der Waals surface area contributed by atoms with Gasteiger partial charge in [-0.05, 0) is 42.8 Å². The third kappa shape index (κ3) is 5.59. The van der Waals surface area contributed by atoms with E-state index < -0.39 is 0 Å². The van der Waals surface area contributed by atoms with E-state index in [2.05, 4.69) is 5.32 Å². The minimum absolute atomic E-state index is 0.229. The summed E-state index contributed by atoms with van der Waals surface area (Å²) >= 11 is 12.7. The molecule has 1 aliphatic rings. The number of carbonyl (C=O) groups excluding carboxylic acids is 1. The summed E-state index contributed by atoms with van der Waals surface area (Å²) < 4.78 is 22.9. The summed E-state index contributed by atoms with van der Waals surface area (Å²) in [5.41, 5.74) is 0.712. The lowest BCUT2D eigenvalue weighted by Gasteiger charge is -2.15. The highest BCUT2D eigenvalue weighted by Crippen LogP contribution is 2.38. The molecule has 2 aromatic carbocycles. The maximum Gasteiger partial charge on any atom is 0.263 e. The molecule has 0 spiro atoms. The lowest BCUT2D eigenvalue weighted by atomic mass is 10.2. The van der Waals surface area contributed by atoms with E-state index in [1.165, 1.54) is 11.8 Å². The van der Waals surface area contributed by atoms with Gasteiger partial charge in [0.25, 0.3) is 5.91 Å². The van der Waals surface area contributed by atoms with Crippen LogP contribution in [0.4, 0.5) is 0 Å². The normalized spacial score (nSPS) is 14.6. The van der Waals surface area contributed by atoms with Gasteiger partial charge in [-0.3, -0.25) is 4.79 Å². The van der Waals surface area contributed by atoms with E-state index >= 15 is 0 Å². The molecule has 2 aromatic rings. The van der Waals surface area contributed by atoms with E-state index in [0.717, 1.165) is 0 Å². The number of methoxy groups -OCH3 is 1. The van der Waals surface area contributed by atoms with Crippen LogP contribution < -0.4 is 24.3 Å². The number of thiocarbonyl (C=S) groups is 1. The highest BCUT2D eigenvalue weighted by atomic mass is 35.5. The van der Waals surface area contributed by atoms with Gasteiger partial charge in [0.1, 0.15) is 17.5 Å². The molecule has 0 radical (unpaired) electrons. The van der Waals surface area contributed by atoms with Crippen LogP contribution in [0.2, 0.25) is 5.02 Å². The molecule has 158 valence electrons. The van der Waals surface area contributed by atoms with Crippen LogP contribution in [-0.4, -0.2) is 37.2 Å². The number of ether oxygens (including phenoxy) is 4. The Labute approximate surface area is 189 Å². The first-order valence-corrected chi connectivity index (χ1v) is 10.7. The van der Waals surface area contributed by atoms with Crippen molar-refractivity contribution in [1.29, 1.82) is 0 Å². The molecule has 6 nitrogen and oxygen atoms in total. The lowest BCUT2D eigenvalue weighted by Crippen LogP contribution is -2.17. The van der Waals surface area contributed by atoms with Crippen LogP contribution in [-0.2, 0) is 4.79 Å². The second-order valence-corrected chi connectivity index (χ2v) is 8.09. The zero-order valence-corrected chi connectivity index (χ0v) is 18.8. The van der Waals surface area contributed by atoms with Gasteiger partial charge in [0, 0.05) is 0 Å². The van der Waals surface area contributed by atoms with E-state index in [4.69, 9.17) is 42.8 Å². The van der Waals surface area contributed by atoms with Gasteiger partial charge in [0.2, 0.25) is 0 Å². The average molecular weight is 466 g/mol. The Bertz CT molecular complexity index is 980. The first-order valence-electron chi connectivity index (χ1n) is 9.11. The molecule has 1 heterocycles. The molecule has 1 aliphatic heterocycles. The van der Waals surface area contributed by atoms with Gasteiger partial charge in [-0.2, -0.15) is 0 Å². The fourth-order valence-electron chi connectivity index (χ4n) is 2.68. The minimum Gasteiger partial charge on any atom is -0.493 e. The maximum atomic E-state index is 11.9. The van der Waals surface area contributed by atoms with Crippen LogP contribution in [0.1, 0.15) is 12.5 Å². The summed E-state index contributed by atoms with van der Waals surface area (Å²) in [6, 6.07) is 10.9. The largest absolute Gasteiger partial charge is 0.493 e. The molecule has 9 heteroatoms. The Hall–Kier alpha value is -2.42. The number of hydrogen-bond donors (Lipinski definition) is 1. The molecule has 1 fully saturated rings. The van der Waals surface area contributed by atoms with Crippen molar-refractivity contribution in [3.8, 4) is 23.0 Å². The Morgan fingerprint density at radius 2 is 1.83 bits per heavy atom. The molecule has 0 saturated carbocycles. The van der Waals surface area contributed by atoms with E-state index in [9.17, 15) is 4.79 Å². The zero-order valence-electron chi connectivity index (χ0n) is 16.4. The summed E-state index contributed by atoms with van der Waals surface area (Å²) in [4.78, 5) is 12.4. The highest BCUT2D eigenvalue weighted by Gasteiger charge is 2.22. The first-order chi connectivity index (χ1) is 14.5. The Morgan fingerprint density at radius 3 is 2.50 bits per heavy atom. The molecule has 30 heavy (non-hydrogen) atoms. The summed E-state index contributed by atoms with van der Waals surface area (Å²) in [5, 5.41) is 2.96. The van der Waals surface area contributed by atoms with Gasteiger partial charge in [0.05, 0.1) is 23.6 Å². The average Bonchev–Trinajstić information content (AvgIpc) is 3.04. The van der Waals surface area contributed by atoms with Crippen molar-refractivity contribution in [2.75, 3.05) is 26.9 Å². The van der Waals surface area contributed by atoms with Gasteiger partial charge < -0.3 is 24.3 Å². The Balaban J connectivity index is 1.70. The molecule has 1 amide bonds. The summed E-state index contributed by atoms with van der Waals surface area (Å²) in [6.07, 6.45) is 1.71. The number of para-hydroxylation sites is 2. The molecule has 0 aliphatic carbocycles. The van der Waals surface area contributed by atoms with Crippen molar-refractivity contribution in [2.45, 2.75) is 6.92 Å². The predicted octanol–water partition coefficient (Wildman–Crippen LogP) is 4.69. The summed E-state index contributed by atoms with van der Waals surface area (Å²) in [5.74, 6) is 1.96. The van der Waals surface area contributed by atoms with Crippen molar-refractivity contribution < 1.29 is 23.7 Å². The molecule has 0 unspecified atom stereocenters. The van der Waals surface area contributed by atoms with Crippen LogP contribution in [0.25, 0.3) is 6.08 Å². The fraction of sp³-hybridized carbons (Fsp3) is 0.238. The molecule has 0 aromatic heterocycles. The maximum absolute atomic E-state index is 11.9. The van der Waals surface area contributed by atoms with E-state index in [1.54, 1.807) is 25.3 Å². The van der Waals surface area contributed by atoms with Crippen LogP contribution >= 0.6 is 35.6 Å². The number of amides is 1. The smallest absolute Gasteiger partial charge is 0.263 e. The number of hydrogen-bond acceptors (Lipinski definition) is 7. The van der Waals surface area contributed by atoms with Crippen LogP contribution in [0.5, 0.6) is 23.0 Å². The molecule has 0 bridgehead atoms. The molecule has 3 rings (SSSR count). The third-order valence-electron chi connectivity index (χ3n) is 3.93. The fourth-order valence-corrected chi connectivity index (χ4v) is 4.00. The quantitative estimate of drug-likeness (QED) is 0.327.